The van der Waals surface area contributed by atoms with Gasteiger partial charge in [0.25, 0.3) is 0 Å². The molecule has 0 bridgehead atoms. The third-order valence-corrected chi connectivity index (χ3v) is 5.99. The Kier molecular flexibility index (Phi) is 5.92. The van der Waals surface area contributed by atoms with Gasteiger partial charge in [-0.2, -0.15) is 0 Å². The van der Waals surface area contributed by atoms with Crippen molar-refractivity contribution in [1.29, 1.82) is 0 Å². The van der Waals surface area contributed by atoms with Crippen LogP contribution in [0.2, 0.25) is 0 Å². The fraction of sp³-hybridized carbons (Fsp3) is 1.00. The molecule has 0 saturated heterocycles. The Morgan fingerprint density at radius 3 is 2.25 bits per heavy atom. The van der Waals surface area contributed by atoms with Gasteiger partial charge in [-0.3, -0.25) is 4.90 Å². The van der Waals surface area contributed by atoms with Crippen LogP contribution >= 0.6 is 0 Å². The minimum atomic E-state index is 0.469. The van der Waals surface area contributed by atoms with Crippen LogP contribution in [0.5, 0.6) is 0 Å². The second-order valence-electron chi connectivity index (χ2n) is 7.79. The van der Waals surface area contributed by atoms with E-state index >= 15 is 0 Å². The van der Waals surface area contributed by atoms with Crippen molar-refractivity contribution in [3.63, 3.8) is 0 Å². The number of nitrogens with two attached hydrogens (primary N) is 1. The van der Waals surface area contributed by atoms with Gasteiger partial charge in [0.2, 0.25) is 0 Å². The van der Waals surface area contributed by atoms with Crippen LogP contribution in [0.1, 0.15) is 72.6 Å². The van der Waals surface area contributed by atoms with E-state index in [-0.39, 0.29) is 0 Å². The van der Waals surface area contributed by atoms with Crippen LogP contribution in [0.25, 0.3) is 0 Å². The number of hydrogen-bond donors (Lipinski definition) is 1. The lowest BCUT2D eigenvalue weighted by molar-refractivity contribution is 0.0189. The summed E-state index contributed by atoms with van der Waals surface area (Å²) in [5.41, 5.74) is 6.10. The van der Waals surface area contributed by atoms with E-state index in [0.717, 1.165) is 29.8 Å². The van der Waals surface area contributed by atoms with Gasteiger partial charge in [0, 0.05) is 18.1 Å². The van der Waals surface area contributed by atoms with Gasteiger partial charge in [-0.15, -0.1) is 0 Å². The molecule has 0 aliphatic heterocycles. The van der Waals surface area contributed by atoms with Crippen LogP contribution in [-0.4, -0.2) is 29.6 Å². The van der Waals surface area contributed by atoms with Gasteiger partial charge in [0.15, 0.2) is 0 Å². The lowest BCUT2D eigenvalue weighted by atomic mass is 9.72. The Bertz CT molecular complexity index is 281. The van der Waals surface area contributed by atoms with Crippen LogP contribution in [0.15, 0.2) is 0 Å². The first-order chi connectivity index (χ1) is 9.52. The zero-order valence-corrected chi connectivity index (χ0v) is 14.1. The predicted molar refractivity (Wildman–Crippen MR) is 87.7 cm³/mol. The molecule has 2 heteroatoms. The SMILES string of the molecule is CCN(C1CCC(N)CC1)C1CC(C)CCC1C(C)C. The molecule has 0 spiro atoms. The van der Waals surface area contributed by atoms with Gasteiger partial charge in [0.05, 0.1) is 0 Å². The van der Waals surface area contributed by atoms with Gasteiger partial charge < -0.3 is 5.73 Å². The molecular formula is C18H36N2. The van der Waals surface area contributed by atoms with Crippen molar-refractivity contribution in [3.8, 4) is 0 Å². The van der Waals surface area contributed by atoms with Gasteiger partial charge in [-0.25, -0.2) is 0 Å². The molecule has 2 saturated carbocycles. The lowest BCUT2D eigenvalue weighted by Crippen LogP contribution is -2.52. The van der Waals surface area contributed by atoms with Gasteiger partial charge in [-0.1, -0.05) is 34.1 Å². The zero-order chi connectivity index (χ0) is 14.7. The molecule has 0 amide bonds. The van der Waals surface area contributed by atoms with Crippen molar-refractivity contribution in [1.82, 2.24) is 4.90 Å². The zero-order valence-electron chi connectivity index (χ0n) is 14.1. The first-order valence-corrected chi connectivity index (χ1v) is 9.04. The highest BCUT2D eigenvalue weighted by Crippen LogP contribution is 2.38. The van der Waals surface area contributed by atoms with Crippen molar-refractivity contribution in [2.24, 2.45) is 23.5 Å². The third-order valence-electron chi connectivity index (χ3n) is 5.99. The molecule has 20 heavy (non-hydrogen) atoms. The molecule has 2 aliphatic rings. The summed E-state index contributed by atoms with van der Waals surface area (Å²) in [5.74, 6) is 2.64. The summed E-state index contributed by atoms with van der Waals surface area (Å²) in [5, 5.41) is 0. The molecule has 3 unspecified atom stereocenters. The lowest BCUT2D eigenvalue weighted by Gasteiger charge is -2.48. The van der Waals surface area contributed by atoms with Crippen molar-refractivity contribution in [2.45, 2.75) is 90.8 Å². The minimum Gasteiger partial charge on any atom is -0.328 e. The molecule has 3 atom stereocenters. The summed E-state index contributed by atoms with van der Waals surface area (Å²) in [6.07, 6.45) is 9.40. The van der Waals surface area contributed by atoms with Gasteiger partial charge >= 0.3 is 0 Å². The van der Waals surface area contributed by atoms with Crippen molar-refractivity contribution < 1.29 is 0 Å². The molecule has 0 radical (unpaired) electrons. The Labute approximate surface area is 126 Å². The average molecular weight is 280 g/mol. The van der Waals surface area contributed by atoms with E-state index in [2.05, 4.69) is 32.6 Å². The highest BCUT2D eigenvalue weighted by molar-refractivity contribution is 4.91. The fourth-order valence-electron chi connectivity index (χ4n) is 4.73. The van der Waals surface area contributed by atoms with Crippen LogP contribution in [0, 0.1) is 17.8 Å². The molecule has 0 aromatic heterocycles. The largest absolute Gasteiger partial charge is 0.328 e. The maximum absolute atomic E-state index is 6.10. The van der Waals surface area contributed by atoms with E-state index < -0.39 is 0 Å². The topological polar surface area (TPSA) is 29.3 Å². The Hall–Kier alpha value is -0.0800. The summed E-state index contributed by atoms with van der Waals surface area (Å²) in [6.45, 7) is 10.9. The molecule has 2 rings (SSSR count). The Balaban J connectivity index is 2.06. The minimum absolute atomic E-state index is 0.469. The van der Waals surface area contributed by atoms with Crippen LogP contribution < -0.4 is 5.73 Å². The van der Waals surface area contributed by atoms with Crippen molar-refractivity contribution >= 4 is 0 Å². The maximum Gasteiger partial charge on any atom is 0.0131 e. The van der Waals surface area contributed by atoms with E-state index in [1.54, 1.807) is 0 Å². The Morgan fingerprint density at radius 1 is 1.05 bits per heavy atom. The molecular weight excluding hydrogens is 244 g/mol. The number of hydrogen-bond acceptors (Lipinski definition) is 2. The van der Waals surface area contributed by atoms with Crippen molar-refractivity contribution in [2.75, 3.05) is 6.54 Å². The molecule has 118 valence electrons. The molecule has 0 heterocycles. The quantitative estimate of drug-likeness (QED) is 0.842. The third kappa shape index (κ3) is 3.76. The highest BCUT2D eigenvalue weighted by atomic mass is 15.2. The predicted octanol–water partition coefficient (Wildman–Crippen LogP) is 4.04. The van der Waals surface area contributed by atoms with Crippen LogP contribution in [-0.2, 0) is 0 Å². The summed E-state index contributed by atoms with van der Waals surface area (Å²) in [6, 6.07) is 2.09. The molecule has 2 fully saturated rings. The smallest absolute Gasteiger partial charge is 0.0131 e. The molecule has 0 aromatic rings. The summed E-state index contributed by atoms with van der Waals surface area (Å²) < 4.78 is 0. The highest BCUT2D eigenvalue weighted by Gasteiger charge is 2.37. The summed E-state index contributed by atoms with van der Waals surface area (Å²) in [7, 11) is 0. The number of rotatable bonds is 4. The second-order valence-corrected chi connectivity index (χ2v) is 7.79. The van der Waals surface area contributed by atoms with Crippen molar-refractivity contribution in [3.05, 3.63) is 0 Å². The normalized spacial score (nSPS) is 39.5. The van der Waals surface area contributed by atoms with E-state index in [1.807, 2.05) is 0 Å². The van der Waals surface area contributed by atoms with E-state index in [4.69, 9.17) is 5.73 Å². The van der Waals surface area contributed by atoms with E-state index in [0.29, 0.717) is 6.04 Å². The monoisotopic (exact) mass is 280 g/mol. The van der Waals surface area contributed by atoms with Crippen LogP contribution in [0.4, 0.5) is 0 Å². The Morgan fingerprint density at radius 2 is 1.70 bits per heavy atom. The first kappa shape index (κ1) is 16.3. The standard InChI is InChI=1S/C18H36N2/c1-5-20(16-9-7-15(19)8-10-16)18-12-14(4)6-11-17(18)13(2)3/h13-18H,5-12,19H2,1-4H3. The second kappa shape index (κ2) is 7.26. The number of nitrogens with zero attached hydrogens (tertiary/aromatic N) is 1. The molecule has 2 aliphatic carbocycles. The van der Waals surface area contributed by atoms with Gasteiger partial charge in [-0.05, 0) is 62.8 Å². The maximum atomic E-state index is 6.10. The first-order valence-electron chi connectivity index (χ1n) is 9.04. The summed E-state index contributed by atoms with van der Waals surface area (Å²) in [4.78, 5) is 2.87. The average Bonchev–Trinajstić information content (AvgIpc) is 2.41. The van der Waals surface area contributed by atoms with E-state index in [9.17, 15) is 0 Å². The van der Waals surface area contributed by atoms with Gasteiger partial charge in [0.1, 0.15) is 0 Å². The fourth-order valence-corrected chi connectivity index (χ4v) is 4.73. The van der Waals surface area contributed by atoms with E-state index in [1.165, 1.54) is 51.5 Å². The van der Waals surface area contributed by atoms with Crippen LogP contribution in [0.3, 0.4) is 0 Å². The molecule has 2 nitrogen and oxygen atoms in total. The molecule has 0 aromatic carbocycles. The molecule has 2 N–H and O–H groups in total. The summed E-state index contributed by atoms with van der Waals surface area (Å²) >= 11 is 0.